The lowest BCUT2D eigenvalue weighted by Crippen LogP contribution is -2.41. The summed E-state index contributed by atoms with van der Waals surface area (Å²) in [5.41, 5.74) is 1.13. The zero-order chi connectivity index (χ0) is 12.8. The van der Waals surface area contributed by atoms with E-state index < -0.39 is 0 Å². The van der Waals surface area contributed by atoms with Crippen molar-refractivity contribution in [1.82, 2.24) is 20.4 Å². The maximum absolute atomic E-state index is 11.7. The third kappa shape index (κ3) is 4.12. The maximum atomic E-state index is 11.7. The van der Waals surface area contributed by atoms with Crippen LogP contribution in [-0.2, 0) is 23.0 Å². The summed E-state index contributed by atoms with van der Waals surface area (Å²) >= 11 is 0. The Hall–Kier alpha value is -1.40. The topological polar surface area (TPSA) is 68.2 Å². The van der Waals surface area contributed by atoms with Gasteiger partial charge < -0.3 is 15.4 Å². The fourth-order valence-corrected chi connectivity index (χ4v) is 1.98. The first-order chi connectivity index (χ1) is 8.74. The van der Waals surface area contributed by atoms with Crippen molar-refractivity contribution < 1.29 is 9.53 Å². The SMILES string of the molecule is Cn1cc(CCNC(=O)CC2CNCCO2)cn1. The molecule has 6 heteroatoms. The Kier molecular flexibility index (Phi) is 4.72. The maximum Gasteiger partial charge on any atom is 0.222 e. The molecule has 1 aliphatic heterocycles. The summed E-state index contributed by atoms with van der Waals surface area (Å²) in [6, 6.07) is 0. The molecule has 2 N–H and O–H groups in total. The van der Waals surface area contributed by atoms with Crippen molar-refractivity contribution in [2.75, 3.05) is 26.2 Å². The zero-order valence-electron chi connectivity index (χ0n) is 10.7. The van der Waals surface area contributed by atoms with Crippen molar-refractivity contribution in [3.8, 4) is 0 Å². The number of nitrogens with zero attached hydrogens (tertiary/aromatic N) is 2. The molecular formula is C12H20N4O2. The highest BCUT2D eigenvalue weighted by molar-refractivity contribution is 5.76. The van der Waals surface area contributed by atoms with Gasteiger partial charge in [0.05, 0.1) is 25.3 Å². The van der Waals surface area contributed by atoms with E-state index in [1.165, 1.54) is 0 Å². The highest BCUT2D eigenvalue weighted by Crippen LogP contribution is 2.01. The fourth-order valence-electron chi connectivity index (χ4n) is 1.98. The zero-order valence-corrected chi connectivity index (χ0v) is 10.7. The van der Waals surface area contributed by atoms with Crippen molar-refractivity contribution in [2.24, 2.45) is 7.05 Å². The number of nitrogens with one attached hydrogen (secondary N) is 2. The van der Waals surface area contributed by atoms with E-state index in [1.807, 2.05) is 19.4 Å². The molecule has 1 atom stereocenters. The molecule has 2 heterocycles. The molecule has 1 aliphatic rings. The second kappa shape index (κ2) is 6.51. The van der Waals surface area contributed by atoms with Crippen LogP contribution in [0.3, 0.4) is 0 Å². The number of hydrogen-bond donors (Lipinski definition) is 2. The molecule has 0 aliphatic carbocycles. The smallest absolute Gasteiger partial charge is 0.222 e. The van der Waals surface area contributed by atoms with Crippen LogP contribution in [0.5, 0.6) is 0 Å². The number of hydrogen-bond acceptors (Lipinski definition) is 4. The fraction of sp³-hybridized carbons (Fsp3) is 0.667. The summed E-state index contributed by atoms with van der Waals surface area (Å²) in [5.74, 6) is 0.0487. The normalized spacial score (nSPS) is 19.7. The molecule has 0 aromatic carbocycles. The van der Waals surface area contributed by atoms with Crippen molar-refractivity contribution in [3.63, 3.8) is 0 Å². The van der Waals surface area contributed by atoms with E-state index >= 15 is 0 Å². The van der Waals surface area contributed by atoms with Gasteiger partial charge in [-0.15, -0.1) is 0 Å². The van der Waals surface area contributed by atoms with Gasteiger partial charge in [-0.05, 0) is 12.0 Å². The minimum absolute atomic E-state index is 0.0112. The molecule has 1 aromatic heterocycles. The van der Waals surface area contributed by atoms with E-state index in [4.69, 9.17) is 4.74 Å². The van der Waals surface area contributed by atoms with Crippen LogP contribution in [0.4, 0.5) is 0 Å². The highest BCUT2D eigenvalue weighted by Gasteiger charge is 2.16. The lowest BCUT2D eigenvalue weighted by molar-refractivity contribution is -0.124. The van der Waals surface area contributed by atoms with Crippen molar-refractivity contribution in [3.05, 3.63) is 18.0 Å². The summed E-state index contributed by atoms with van der Waals surface area (Å²) in [4.78, 5) is 11.7. The van der Waals surface area contributed by atoms with Crippen LogP contribution < -0.4 is 10.6 Å². The number of ether oxygens (including phenoxy) is 1. The van der Waals surface area contributed by atoms with E-state index in [9.17, 15) is 4.79 Å². The van der Waals surface area contributed by atoms with Crippen LogP contribution in [0.2, 0.25) is 0 Å². The van der Waals surface area contributed by atoms with Gasteiger partial charge >= 0.3 is 0 Å². The summed E-state index contributed by atoms with van der Waals surface area (Å²) in [5, 5.41) is 10.2. The molecule has 100 valence electrons. The number of aromatic nitrogens is 2. The van der Waals surface area contributed by atoms with Crippen molar-refractivity contribution in [2.45, 2.75) is 18.9 Å². The molecule has 0 saturated carbocycles. The van der Waals surface area contributed by atoms with E-state index in [0.29, 0.717) is 19.6 Å². The molecule has 2 rings (SSSR count). The number of rotatable bonds is 5. The van der Waals surface area contributed by atoms with E-state index in [-0.39, 0.29) is 12.0 Å². The van der Waals surface area contributed by atoms with Crippen molar-refractivity contribution in [1.29, 1.82) is 0 Å². The van der Waals surface area contributed by atoms with Gasteiger partial charge in [-0.1, -0.05) is 0 Å². The Balaban J connectivity index is 1.62. The van der Waals surface area contributed by atoms with Gasteiger partial charge in [0, 0.05) is 32.9 Å². The van der Waals surface area contributed by atoms with Gasteiger partial charge in [0.1, 0.15) is 0 Å². The summed E-state index contributed by atoms with van der Waals surface area (Å²) in [6.07, 6.45) is 5.03. The number of carbonyl (C=O) groups excluding carboxylic acids is 1. The summed E-state index contributed by atoms with van der Waals surface area (Å²) in [7, 11) is 1.88. The van der Waals surface area contributed by atoms with Gasteiger partial charge in [-0.2, -0.15) is 5.10 Å². The van der Waals surface area contributed by atoms with E-state index in [1.54, 1.807) is 4.68 Å². The molecule has 1 saturated heterocycles. The predicted octanol–water partition coefficient (Wildman–Crippen LogP) is -0.543. The van der Waals surface area contributed by atoms with E-state index in [2.05, 4.69) is 15.7 Å². The first kappa shape index (κ1) is 13.0. The molecule has 6 nitrogen and oxygen atoms in total. The lowest BCUT2D eigenvalue weighted by atomic mass is 10.2. The largest absolute Gasteiger partial charge is 0.375 e. The average molecular weight is 252 g/mol. The first-order valence-corrected chi connectivity index (χ1v) is 6.30. The standard InChI is InChI=1S/C12H20N4O2/c1-16-9-10(7-15-16)2-3-14-12(17)6-11-8-13-4-5-18-11/h7,9,11,13H,2-6,8H2,1H3,(H,14,17). The van der Waals surface area contributed by atoms with Gasteiger partial charge in [0.2, 0.25) is 5.91 Å². The second-order valence-corrected chi connectivity index (χ2v) is 4.52. The Bertz CT molecular complexity index is 385. The third-order valence-corrected chi connectivity index (χ3v) is 2.91. The van der Waals surface area contributed by atoms with Crippen molar-refractivity contribution >= 4 is 5.91 Å². The number of morpholine rings is 1. The number of aryl methyl sites for hydroxylation is 1. The molecule has 1 fully saturated rings. The highest BCUT2D eigenvalue weighted by atomic mass is 16.5. The summed E-state index contributed by atoms with van der Waals surface area (Å²) in [6.45, 7) is 2.97. The second-order valence-electron chi connectivity index (χ2n) is 4.52. The van der Waals surface area contributed by atoms with Crippen LogP contribution in [0.1, 0.15) is 12.0 Å². The molecule has 1 aromatic rings. The predicted molar refractivity (Wildman–Crippen MR) is 67.1 cm³/mol. The van der Waals surface area contributed by atoms with Crippen LogP contribution in [-0.4, -0.2) is 48.0 Å². The Morgan fingerprint density at radius 2 is 2.61 bits per heavy atom. The van der Waals surface area contributed by atoms with Crippen LogP contribution in [0, 0.1) is 0 Å². The minimum atomic E-state index is 0.0112. The Labute approximate surface area is 107 Å². The molecule has 0 radical (unpaired) electrons. The quantitative estimate of drug-likeness (QED) is 0.738. The van der Waals surface area contributed by atoms with Crippen LogP contribution in [0.25, 0.3) is 0 Å². The van der Waals surface area contributed by atoms with Gasteiger partial charge in [0.15, 0.2) is 0 Å². The monoisotopic (exact) mass is 252 g/mol. The molecule has 1 amide bonds. The third-order valence-electron chi connectivity index (χ3n) is 2.91. The average Bonchev–Trinajstić information content (AvgIpc) is 2.76. The van der Waals surface area contributed by atoms with Gasteiger partial charge in [0.25, 0.3) is 0 Å². The number of amides is 1. The van der Waals surface area contributed by atoms with Crippen LogP contribution >= 0.6 is 0 Å². The van der Waals surface area contributed by atoms with E-state index in [0.717, 1.165) is 25.1 Å². The molecule has 0 bridgehead atoms. The number of carbonyl (C=O) groups is 1. The molecule has 18 heavy (non-hydrogen) atoms. The van der Waals surface area contributed by atoms with Gasteiger partial charge in [-0.25, -0.2) is 0 Å². The van der Waals surface area contributed by atoms with Crippen LogP contribution in [0.15, 0.2) is 12.4 Å². The Morgan fingerprint density at radius 1 is 1.72 bits per heavy atom. The lowest BCUT2D eigenvalue weighted by Gasteiger charge is -2.22. The van der Waals surface area contributed by atoms with Gasteiger partial charge in [-0.3, -0.25) is 9.48 Å². The summed E-state index contributed by atoms with van der Waals surface area (Å²) < 4.78 is 7.24. The molecule has 0 spiro atoms. The molecule has 1 unspecified atom stereocenters. The first-order valence-electron chi connectivity index (χ1n) is 6.30. The Morgan fingerprint density at radius 3 is 3.28 bits per heavy atom. The minimum Gasteiger partial charge on any atom is -0.375 e. The molecular weight excluding hydrogens is 232 g/mol.